The van der Waals surface area contributed by atoms with Crippen molar-refractivity contribution in [1.29, 1.82) is 0 Å². The van der Waals surface area contributed by atoms with Crippen molar-refractivity contribution in [2.24, 2.45) is 5.92 Å². The first kappa shape index (κ1) is 14.2. The SMILES string of the molecule is O=C(O)[C@H]1CCCN(C(=O)COc2ccccc2O)C1. The lowest BCUT2D eigenvalue weighted by Gasteiger charge is -2.30. The number of para-hydroxylation sites is 2. The van der Waals surface area contributed by atoms with Gasteiger partial charge < -0.3 is 19.8 Å². The number of carboxylic acids is 1. The summed E-state index contributed by atoms with van der Waals surface area (Å²) in [6, 6.07) is 6.40. The van der Waals surface area contributed by atoms with Gasteiger partial charge in [0.05, 0.1) is 5.92 Å². The molecule has 108 valence electrons. The van der Waals surface area contributed by atoms with Crippen molar-refractivity contribution >= 4 is 11.9 Å². The van der Waals surface area contributed by atoms with E-state index in [2.05, 4.69) is 0 Å². The number of likely N-dealkylation sites (tertiary alicyclic amines) is 1. The lowest BCUT2D eigenvalue weighted by Crippen LogP contribution is -2.44. The predicted octanol–water partition coefficient (Wildman–Crippen LogP) is 1.09. The fourth-order valence-corrected chi connectivity index (χ4v) is 2.22. The van der Waals surface area contributed by atoms with Crippen molar-refractivity contribution in [3.63, 3.8) is 0 Å². The summed E-state index contributed by atoms with van der Waals surface area (Å²) < 4.78 is 5.26. The lowest BCUT2D eigenvalue weighted by molar-refractivity contribution is -0.146. The number of nitrogens with zero attached hydrogens (tertiary/aromatic N) is 1. The minimum absolute atomic E-state index is 0.0256. The zero-order valence-corrected chi connectivity index (χ0v) is 11.0. The van der Waals surface area contributed by atoms with Crippen LogP contribution >= 0.6 is 0 Å². The Morgan fingerprint density at radius 2 is 2.10 bits per heavy atom. The molecule has 6 heteroatoms. The molecule has 0 spiro atoms. The van der Waals surface area contributed by atoms with Crippen LogP contribution in [-0.2, 0) is 9.59 Å². The van der Waals surface area contributed by atoms with Gasteiger partial charge in [0, 0.05) is 13.1 Å². The molecule has 0 radical (unpaired) electrons. The summed E-state index contributed by atoms with van der Waals surface area (Å²) in [5.41, 5.74) is 0. The number of hydrogen-bond donors (Lipinski definition) is 2. The van der Waals surface area contributed by atoms with Crippen LogP contribution in [0.5, 0.6) is 11.5 Å². The Morgan fingerprint density at radius 3 is 2.80 bits per heavy atom. The summed E-state index contributed by atoms with van der Waals surface area (Å²) in [6.07, 6.45) is 1.28. The highest BCUT2D eigenvalue weighted by molar-refractivity contribution is 5.79. The molecular formula is C14H17NO5. The molecule has 1 aromatic carbocycles. The average Bonchev–Trinajstić information content (AvgIpc) is 2.46. The number of aliphatic carboxylic acids is 1. The van der Waals surface area contributed by atoms with Crippen molar-refractivity contribution in [2.45, 2.75) is 12.8 Å². The molecule has 6 nitrogen and oxygen atoms in total. The van der Waals surface area contributed by atoms with Crippen molar-refractivity contribution in [1.82, 2.24) is 4.90 Å². The van der Waals surface area contributed by atoms with Gasteiger partial charge in [0.25, 0.3) is 5.91 Å². The maximum atomic E-state index is 12.0. The van der Waals surface area contributed by atoms with E-state index >= 15 is 0 Å². The summed E-state index contributed by atoms with van der Waals surface area (Å²) in [5.74, 6) is -1.42. The largest absolute Gasteiger partial charge is 0.504 e. The Kier molecular flexibility index (Phi) is 4.45. The van der Waals surface area contributed by atoms with Crippen LogP contribution in [0.3, 0.4) is 0 Å². The van der Waals surface area contributed by atoms with Gasteiger partial charge in [0.1, 0.15) is 0 Å². The maximum absolute atomic E-state index is 12.0. The van der Waals surface area contributed by atoms with E-state index in [0.717, 1.165) is 0 Å². The predicted molar refractivity (Wildman–Crippen MR) is 70.5 cm³/mol. The minimum atomic E-state index is -0.871. The van der Waals surface area contributed by atoms with Gasteiger partial charge in [-0.05, 0) is 25.0 Å². The van der Waals surface area contributed by atoms with Crippen molar-refractivity contribution in [3.8, 4) is 11.5 Å². The van der Waals surface area contributed by atoms with Crippen LogP contribution in [0.2, 0.25) is 0 Å². The second kappa shape index (κ2) is 6.27. The van der Waals surface area contributed by atoms with Gasteiger partial charge in [-0.2, -0.15) is 0 Å². The summed E-state index contributed by atoms with van der Waals surface area (Å²) in [6.45, 7) is 0.564. The summed E-state index contributed by atoms with van der Waals surface area (Å²) in [5, 5.41) is 18.5. The highest BCUT2D eigenvalue weighted by Gasteiger charge is 2.28. The summed E-state index contributed by atoms with van der Waals surface area (Å²) in [4.78, 5) is 24.4. The standard InChI is InChI=1S/C14H17NO5/c16-11-5-1-2-6-12(11)20-9-13(17)15-7-3-4-10(8-15)14(18)19/h1-2,5-6,10,16H,3-4,7-9H2,(H,18,19)/t10-/m0/s1. The van der Waals surface area contributed by atoms with E-state index in [0.29, 0.717) is 19.4 Å². The quantitative estimate of drug-likeness (QED) is 0.861. The van der Waals surface area contributed by atoms with Crippen LogP contribution in [0.25, 0.3) is 0 Å². The molecule has 0 unspecified atom stereocenters. The second-order valence-corrected chi connectivity index (χ2v) is 4.77. The van der Waals surface area contributed by atoms with E-state index < -0.39 is 11.9 Å². The van der Waals surface area contributed by atoms with Crippen LogP contribution in [0.1, 0.15) is 12.8 Å². The Balaban J connectivity index is 1.89. The van der Waals surface area contributed by atoms with Gasteiger partial charge in [0.15, 0.2) is 18.1 Å². The molecule has 2 rings (SSSR count). The lowest BCUT2D eigenvalue weighted by atomic mass is 9.98. The van der Waals surface area contributed by atoms with E-state index in [-0.39, 0.29) is 30.6 Å². The molecule has 1 aliphatic heterocycles. The monoisotopic (exact) mass is 279 g/mol. The number of phenolic OH excluding ortho intramolecular Hbond substituents is 1. The third-order valence-corrected chi connectivity index (χ3v) is 3.34. The number of benzene rings is 1. The summed E-state index contributed by atoms with van der Waals surface area (Å²) >= 11 is 0. The molecule has 0 saturated carbocycles. The van der Waals surface area contributed by atoms with Gasteiger partial charge in [-0.15, -0.1) is 0 Å². The molecule has 2 N–H and O–H groups in total. The van der Waals surface area contributed by atoms with Gasteiger partial charge >= 0.3 is 5.97 Å². The molecule has 1 atom stereocenters. The van der Waals surface area contributed by atoms with Gasteiger partial charge in [-0.3, -0.25) is 9.59 Å². The van der Waals surface area contributed by atoms with Crippen molar-refractivity contribution in [2.75, 3.05) is 19.7 Å². The fourth-order valence-electron chi connectivity index (χ4n) is 2.22. The Labute approximate surface area is 116 Å². The first-order chi connectivity index (χ1) is 9.58. The van der Waals surface area contributed by atoms with Crippen LogP contribution < -0.4 is 4.74 Å². The Hall–Kier alpha value is -2.24. The number of carbonyl (C=O) groups is 2. The summed E-state index contributed by atoms with van der Waals surface area (Å²) in [7, 11) is 0. The van der Waals surface area contributed by atoms with E-state index in [1.165, 1.54) is 11.0 Å². The van der Waals surface area contributed by atoms with E-state index in [1.807, 2.05) is 0 Å². The second-order valence-electron chi connectivity index (χ2n) is 4.77. The number of carboxylic acid groups (broad SMARTS) is 1. The first-order valence-electron chi connectivity index (χ1n) is 6.49. The molecule has 0 aliphatic carbocycles. The van der Waals surface area contributed by atoms with E-state index in [4.69, 9.17) is 9.84 Å². The van der Waals surface area contributed by atoms with E-state index in [1.54, 1.807) is 18.2 Å². The van der Waals surface area contributed by atoms with Crippen molar-refractivity contribution < 1.29 is 24.5 Å². The van der Waals surface area contributed by atoms with Crippen LogP contribution in [0.4, 0.5) is 0 Å². The molecule has 0 bridgehead atoms. The van der Waals surface area contributed by atoms with Crippen LogP contribution in [-0.4, -0.2) is 46.7 Å². The average molecular weight is 279 g/mol. The first-order valence-corrected chi connectivity index (χ1v) is 6.49. The van der Waals surface area contributed by atoms with Gasteiger partial charge in [-0.1, -0.05) is 12.1 Å². The van der Waals surface area contributed by atoms with E-state index in [9.17, 15) is 14.7 Å². The Bertz CT molecular complexity index is 502. The molecule has 1 amide bonds. The molecule has 0 aromatic heterocycles. The number of ether oxygens (including phenoxy) is 1. The fraction of sp³-hybridized carbons (Fsp3) is 0.429. The van der Waals surface area contributed by atoms with Gasteiger partial charge in [0.2, 0.25) is 0 Å². The number of hydrogen-bond acceptors (Lipinski definition) is 4. The zero-order valence-electron chi connectivity index (χ0n) is 11.0. The highest BCUT2D eigenvalue weighted by Crippen LogP contribution is 2.24. The molecule has 1 aliphatic rings. The smallest absolute Gasteiger partial charge is 0.308 e. The molecule has 1 heterocycles. The molecule has 1 fully saturated rings. The number of phenols is 1. The Morgan fingerprint density at radius 1 is 1.35 bits per heavy atom. The number of aromatic hydroxyl groups is 1. The highest BCUT2D eigenvalue weighted by atomic mass is 16.5. The number of piperidine rings is 1. The zero-order chi connectivity index (χ0) is 14.5. The molecular weight excluding hydrogens is 262 g/mol. The third kappa shape index (κ3) is 3.40. The van der Waals surface area contributed by atoms with Crippen molar-refractivity contribution in [3.05, 3.63) is 24.3 Å². The number of rotatable bonds is 4. The topological polar surface area (TPSA) is 87.1 Å². The third-order valence-electron chi connectivity index (χ3n) is 3.34. The number of amides is 1. The maximum Gasteiger partial charge on any atom is 0.308 e. The van der Waals surface area contributed by atoms with Crippen LogP contribution in [0.15, 0.2) is 24.3 Å². The molecule has 1 saturated heterocycles. The minimum Gasteiger partial charge on any atom is -0.504 e. The molecule has 20 heavy (non-hydrogen) atoms. The van der Waals surface area contributed by atoms with Crippen LogP contribution in [0, 0.1) is 5.92 Å². The normalized spacial score (nSPS) is 18.6. The number of carbonyl (C=O) groups excluding carboxylic acids is 1. The van der Waals surface area contributed by atoms with Gasteiger partial charge in [-0.25, -0.2) is 0 Å². The molecule has 1 aromatic rings.